The molecule has 2 aromatic heterocycles. The Morgan fingerprint density at radius 2 is 2.08 bits per heavy atom. The van der Waals surface area contributed by atoms with Gasteiger partial charge in [0, 0.05) is 16.0 Å². The summed E-state index contributed by atoms with van der Waals surface area (Å²) in [6, 6.07) is 7.68. The van der Waals surface area contributed by atoms with Gasteiger partial charge in [-0.2, -0.15) is 0 Å². The Morgan fingerprint density at radius 1 is 1.32 bits per heavy atom. The summed E-state index contributed by atoms with van der Waals surface area (Å²) >= 11 is 8.96. The number of fused-ring (bicyclic) bond motifs is 1. The van der Waals surface area contributed by atoms with Gasteiger partial charge in [-0.25, -0.2) is 9.97 Å². The molecule has 25 heavy (non-hydrogen) atoms. The topological polar surface area (TPSA) is 52.1 Å². The SMILES string of the molecule is CCCOC(=O)C(C)Sc1ncnc2scc(-c3ccc(Cl)cc3)c12. The third kappa shape index (κ3) is 4.14. The van der Waals surface area contributed by atoms with E-state index < -0.39 is 0 Å². The number of rotatable bonds is 6. The zero-order valence-corrected chi connectivity index (χ0v) is 16.2. The minimum absolute atomic E-state index is 0.220. The first-order valence-electron chi connectivity index (χ1n) is 7.91. The van der Waals surface area contributed by atoms with Crippen LogP contribution in [-0.4, -0.2) is 27.8 Å². The van der Waals surface area contributed by atoms with Crippen molar-refractivity contribution in [2.45, 2.75) is 30.5 Å². The van der Waals surface area contributed by atoms with Crippen LogP contribution in [-0.2, 0) is 9.53 Å². The summed E-state index contributed by atoms with van der Waals surface area (Å²) in [4.78, 5) is 21.7. The number of esters is 1. The Morgan fingerprint density at radius 3 is 2.80 bits per heavy atom. The molecule has 1 atom stereocenters. The predicted molar refractivity (Wildman–Crippen MR) is 104 cm³/mol. The van der Waals surface area contributed by atoms with E-state index in [0.717, 1.165) is 32.8 Å². The van der Waals surface area contributed by atoms with E-state index in [1.54, 1.807) is 11.3 Å². The van der Waals surface area contributed by atoms with Crippen molar-refractivity contribution in [1.29, 1.82) is 0 Å². The van der Waals surface area contributed by atoms with Crippen LogP contribution in [0.25, 0.3) is 21.3 Å². The van der Waals surface area contributed by atoms with Crippen molar-refractivity contribution >= 4 is 50.9 Å². The van der Waals surface area contributed by atoms with E-state index >= 15 is 0 Å². The van der Waals surface area contributed by atoms with Gasteiger partial charge in [0.15, 0.2) is 0 Å². The average Bonchev–Trinajstić information content (AvgIpc) is 3.05. The van der Waals surface area contributed by atoms with Gasteiger partial charge in [-0.3, -0.25) is 4.79 Å². The minimum Gasteiger partial charge on any atom is -0.465 e. The van der Waals surface area contributed by atoms with Gasteiger partial charge in [0.1, 0.15) is 21.4 Å². The van der Waals surface area contributed by atoms with Gasteiger partial charge in [-0.15, -0.1) is 11.3 Å². The van der Waals surface area contributed by atoms with E-state index in [0.29, 0.717) is 11.6 Å². The van der Waals surface area contributed by atoms with Crippen LogP contribution in [0, 0.1) is 0 Å². The number of thiophene rings is 1. The summed E-state index contributed by atoms with van der Waals surface area (Å²) in [6.07, 6.45) is 2.35. The van der Waals surface area contributed by atoms with E-state index in [9.17, 15) is 4.79 Å². The van der Waals surface area contributed by atoms with Gasteiger partial charge in [0.25, 0.3) is 0 Å². The minimum atomic E-state index is -0.331. The fraction of sp³-hybridized carbons (Fsp3) is 0.278. The molecular weight excluding hydrogens is 376 g/mol. The number of benzene rings is 1. The summed E-state index contributed by atoms with van der Waals surface area (Å²) in [5.41, 5.74) is 2.10. The van der Waals surface area contributed by atoms with Gasteiger partial charge in [-0.1, -0.05) is 42.4 Å². The van der Waals surface area contributed by atoms with Crippen molar-refractivity contribution in [3.8, 4) is 11.1 Å². The van der Waals surface area contributed by atoms with Gasteiger partial charge >= 0.3 is 5.97 Å². The standard InChI is InChI=1S/C18H17ClN2O2S2/c1-3-8-23-18(22)11(2)25-17-15-14(9-24-16(15)20-10-21-17)12-4-6-13(19)7-5-12/h4-7,9-11H,3,8H2,1-2H3. The van der Waals surface area contributed by atoms with Crippen molar-refractivity contribution in [2.24, 2.45) is 0 Å². The van der Waals surface area contributed by atoms with E-state index in [1.165, 1.54) is 18.1 Å². The van der Waals surface area contributed by atoms with Gasteiger partial charge < -0.3 is 4.74 Å². The molecule has 2 heterocycles. The molecule has 0 aliphatic carbocycles. The maximum absolute atomic E-state index is 12.1. The molecule has 3 aromatic rings. The van der Waals surface area contributed by atoms with Crippen molar-refractivity contribution in [3.05, 3.63) is 41.0 Å². The lowest BCUT2D eigenvalue weighted by molar-refractivity contribution is -0.142. The van der Waals surface area contributed by atoms with Crippen LogP contribution in [0.5, 0.6) is 0 Å². The maximum Gasteiger partial charge on any atom is 0.319 e. The van der Waals surface area contributed by atoms with Crippen LogP contribution in [0.1, 0.15) is 20.3 Å². The monoisotopic (exact) mass is 392 g/mol. The number of ether oxygens (including phenoxy) is 1. The molecule has 0 bridgehead atoms. The average molecular weight is 393 g/mol. The largest absolute Gasteiger partial charge is 0.465 e. The highest BCUT2D eigenvalue weighted by Gasteiger charge is 2.20. The molecule has 0 saturated carbocycles. The summed E-state index contributed by atoms with van der Waals surface area (Å²) in [7, 11) is 0. The van der Waals surface area contributed by atoms with E-state index in [-0.39, 0.29) is 11.2 Å². The molecule has 0 aliphatic rings. The van der Waals surface area contributed by atoms with Crippen LogP contribution in [0.2, 0.25) is 5.02 Å². The lowest BCUT2D eigenvalue weighted by Crippen LogP contribution is -2.17. The number of nitrogens with zero attached hydrogens (tertiary/aromatic N) is 2. The van der Waals surface area contributed by atoms with Crippen molar-refractivity contribution in [2.75, 3.05) is 6.61 Å². The van der Waals surface area contributed by atoms with Crippen LogP contribution < -0.4 is 0 Å². The Labute approximate surface area is 159 Å². The second-order valence-corrected chi connectivity index (χ2v) is 8.07. The first kappa shape index (κ1) is 18.2. The van der Waals surface area contributed by atoms with Crippen LogP contribution in [0.15, 0.2) is 41.0 Å². The molecule has 0 N–H and O–H groups in total. The van der Waals surface area contributed by atoms with Gasteiger partial charge in [-0.05, 0) is 31.0 Å². The van der Waals surface area contributed by atoms with Crippen molar-refractivity contribution < 1.29 is 9.53 Å². The fourth-order valence-corrected chi connectivity index (χ4v) is 4.35. The third-order valence-corrected chi connectivity index (χ3v) is 5.78. The van der Waals surface area contributed by atoms with E-state index in [2.05, 4.69) is 15.3 Å². The van der Waals surface area contributed by atoms with E-state index in [4.69, 9.17) is 16.3 Å². The Hall–Kier alpha value is -1.63. The number of hydrogen-bond acceptors (Lipinski definition) is 6. The molecule has 0 fully saturated rings. The number of thioether (sulfide) groups is 1. The number of hydrogen-bond donors (Lipinski definition) is 0. The van der Waals surface area contributed by atoms with Gasteiger partial charge in [0.2, 0.25) is 0 Å². The highest BCUT2D eigenvalue weighted by atomic mass is 35.5. The number of carbonyl (C=O) groups excluding carboxylic acids is 1. The molecule has 1 unspecified atom stereocenters. The van der Waals surface area contributed by atoms with Gasteiger partial charge in [0.05, 0.1) is 12.0 Å². The Balaban J connectivity index is 1.94. The van der Waals surface area contributed by atoms with Crippen LogP contribution in [0.4, 0.5) is 0 Å². The summed E-state index contributed by atoms with van der Waals surface area (Å²) in [5, 5.41) is 4.18. The molecule has 130 valence electrons. The first-order chi connectivity index (χ1) is 12.1. The first-order valence-corrected chi connectivity index (χ1v) is 10.0. The molecule has 0 radical (unpaired) electrons. The summed E-state index contributed by atoms with van der Waals surface area (Å²) < 4.78 is 5.23. The highest BCUT2D eigenvalue weighted by Crippen LogP contribution is 2.39. The maximum atomic E-state index is 12.1. The second-order valence-electron chi connectivity index (χ2n) is 5.44. The van der Waals surface area contributed by atoms with E-state index in [1.807, 2.05) is 38.1 Å². The molecule has 0 spiro atoms. The molecule has 4 nitrogen and oxygen atoms in total. The zero-order chi connectivity index (χ0) is 17.8. The quantitative estimate of drug-likeness (QED) is 0.317. The fourth-order valence-electron chi connectivity index (χ4n) is 2.31. The molecule has 0 saturated heterocycles. The lowest BCUT2D eigenvalue weighted by Gasteiger charge is -2.11. The number of halogens is 1. The second kappa shape index (κ2) is 8.17. The van der Waals surface area contributed by atoms with Crippen LogP contribution in [0.3, 0.4) is 0 Å². The number of aromatic nitrogens is 2. The van der Waals surface area contributed by atoms with Crippen molar-refractivity contribution in [1.82, 2.24) is 9.97 Å². The third-order valence-electron chi connectivity index (χ3n) is 3.56. The molecule has 0 aliphatic heterocycles. The lowest BCUT2D eigenvalue weighted by atomic mass is 10.1. The normalized spacial score (nSPS) is 12.3. The molecular formula is C18H17ClN2O2S2. The van der Waals surface area contributed by atoms with Crippen LogP contribution >= 0.6 is 34.7 Å². The zero-order valence-electron chi connectivity index (χ0n) is 13.9. The molecule has 7 heteroatoms. The highest BCUT2D eigenvalue weighted by molar-refractivity contribution is 8.00. The molecule has 0 amide bonds. The Kier molecular flexibility index (Phi) is 5.93. The predicted octanol–water partition coefficient (Wildman–Crippen LogP) is 5.45. The number of carbonyl (C=O) groups is 1. The summed E-state index contributed by atoms with van der Waals surface area (Å²) in [6.45, 7) is 4.26. The summed E-state index contributed by atoms with van der Waals surface area (Å²) in [5.74, 6) is -0.220. The molecule has 1 aromatic carbocycles. The Bertz CT molecular complexity index is 880. The smallest absolute Gasteiger partial charge is 0.319 e. The molecule has 3 rings (SSSR count). The van der Waals surface area contributed by atoms with Crippen molar-refractivity contribution in [3.63, 3.8) is 0 Å².